The molecule has 4 rings (SSSR count). The molecule has 2 aromatic heterocycles. The van der Waals surface area contributed by atoms with Gasteiger partial charge in [0.25, 0.3) is 0 Å². The molecule has 4 aromatic rings. The Balaban J connectivity index is 1.51. The summed E-state index contributed by atoms with van der Waals surface area (Å²) in [6, 6.07) is 13.6. The van der Waals surface area contributed by atoms with Crippen LogP contribution in [-0.2, 0) is 11.3 Å². The molecule has 0 atom stereocenters. The molecule has 0 saturated carbocycles. The van der Waals surface area contributed by atoms with E-state index in [9.17, 15) is 4.79 Å². The van der Waals surface area contributed by atoms with Gasteiger partial charge in [0.05, 0.1) is 12.9 Å². The van der Waals surface area contributed by atoms with Gasteiger partial charge >= 0.3 is 0 Å². The molecule has 0 radical (unpaired) electrons. The average molecular weight is 437 g/mol. The number of carbonyl (C=O) groups is 1. The molecule has 8 heteroatoms. The van der Waals surface area contributed by atoms with Gasteiger partial charge in [-0.3, -0.25) is 9.36 Å². The van der Waals surface area contributed by atoms with Gasteiger partial charge in [0, 0.05) is 17.6 Å². The fourth-order valence-corrected chi connectivity index (χ4v) is 4.35. The number of rotatable bonds is 7. The van der Waals surface area contributed by atoms with E-state index in [4.69, 9.17) is 9.15 Å². The third-order valence-corrected chi connectivity index (χ3v) is 5.79. The van der Waals surface area contributed by atoms with Crippen LogP contribution < -0.4 is 10.1 Å². The SMILES string of the molecule is CCn1c(SCC(=O)Nc2cc(C)cc(C)c2)nnc1-c1cc2cccc(OC)c2o1. The van der Waals surface area contributed by atoms with Gasteiger partial charge < -0.3 is 14.5 Å². The van der Waals surface area contributed by atoms with Crippen LogP contribution in [0.3, 0.4) is 0 Å². The van der Waals surface area contributed by atoms with E-state index in [1.807, 2.05) is 61.7 Å². The number of furan rings is 1. The van der Waals surface area contributed by atoms with Crippen molar-refractivity contribution in [1.82, 2.24) is 14.8 Å². The number of hydrogen-bond acceptors (Lipinski definition) is 6. The summed E-state index contributed by atoms with van der Waals surface area (Å²) in [6.07, 6.45) is 0. The highest BCUT2D eigenvalue weighted by Crippen LogP contribution is 2.33. The van der Waals surface area contributed by atoms with Crippen LogP contribution >= 0.6 is 11.8 Å². The topological polar surface area (TPSA) is 82.2 Å². The van der Waals surface area contributed by atoms with Crippen LogP contribution in [0.5, 0.6) is 5.75 Å². The van der Waals surface area contributed by atoms with Crippen LogP contribution in [0.1, 0.15) is 18.1 Å². The van der Waals surface area contributed by atoms with Crippen LogP contribution in [0.4, 0.5) is 5.69 Å². The smallest absolute Gasteiger partial charge is 0.234 e. The molecular weight excluding hydrogens is 412 g/mol. The van der Waals surface area contributed by atoms with Crippen molar-refractivity contribution in [3.05, 3.63) is 53.6 Å². The van der Waals surface area contributed by atoms with Gasteiger partial charge in [-0.2, -0.15) is 0 Å². The Hall–Kier alpha value is -3.26. The van der Waals surface area contributed by atoms with Crippen molar-refractivity contribution in [3.63, 3.8) is 0 Å². The van der Waals surface area contributed by atoms with Gasteiger partial charge in [0.1, 0.15) is 0 Å². The monoisotopic (exact) mass is 436 g/mol. The standard InChI is InChI=1S/C23H24N4O3S/c1-5-27-22(19-12-16-7-6-8-18(29-4)21(16)30-19)25-26-23(27)31-13-20(28)24-17-10-14(2)9-15(3)11-17/h6-12H,5,13H2,1-4H3,(H,24,28). The first-order valence-electron chi connectivity index (χ1n) is 9.99. The molecule has 7 nitrogen and oxygen atoms in total. The molecule has 0 saturated heterocycles. The lowest BCUT2D eigenvalue weighted by molar-refractivity contribution is -0.113. The summed E-state index contributed by atoms with van der Waals surface area (Å²) in [4.78, 5) is 12.5. The van der Waals surface area contributed by atoms with Crippen molar-refractivity contribution in [2.75, 3.05) is 18.2 Å². The molecule has 0 bridgehead atoms. The van der Waals surface area contributed by atoms with Gasteiger partial charge in [-0.15, -0.1) is 10.2 Å². The maximum Gasteiger partial charge on any atom is 0.234 e. The number of carbonyl (C=O) groups excluding carboxylic acids is 1. The Bertz CT molecular complexity index is 1220. The molecule has 0 fully saturated rings. The molecule has 0 aliphatic heterocycles. The molecule has 0 aliphatic rings. The zero-order valence-corrected chi connectivity index (χ0v) is 18.7. The first-order chi connectivity index (χ1) is 15.0. The van der Waals surface area contributed by atoms with Gasteiger partial charge in [-0.1, -0.05) is 30.0 Å². The molecule has 2 aromatic carbocycles. The number of ether oxygens (including phenoxy) is 1. The number of thioether (sulfide) groups is 1. The minimum absolute atomic E-state index is 0.0873. The largest absolute Gasteiger partial charge is 0.493 e. The quantitative estimate of drug-likeness (QED) is 0.408. The van der Waals surface area contributed by atoms with Crippen molar-refractivity contribution in [2.24, 2.45) is 0 Å². The summed E-state index contributed by atoms with van der Waals surface area (Å²) in [6.45, 7) is 6.68. The van der Waals surface area contributed by atoms with Crippen molar-refractivity contribution in [3.8, 4) is 17.3 Å². The van der Waals surface area contributed by atoms with E-state index in [1.54, 1.807) is 7.11 Å². The van der Waals surface area contributed by atoms with Gasteiger partial charge in [0.2, 0.25) is 11.7 Å². The summed E-state index contributed by atoms with van der Waals surface area (Å²) in [7, 11) is 1.61. The highest BCUT2D eigenvalue weighted by atomic mass is 32.2. The zero-order valence-electron chi connectivity index (χ0n) is 17.9. The van der Waals surface area contributed by atoms with Crippen LogP contribution in [-0.4, -0.2) is 33.5 Å². The Labute approximate surface area is 184 Å². The number of methoxy groups -OCH3 is 1. The Morgan fingerprint density at radius 2 is 1.94 bits per heavy atom. The second-order valence-corrected chi connectivity index (χ2v) is 8.20. The predicted molar refractivity (Wildman–Crippen MR) is 123 cm³/mol. The number of para-hydroxylation sites is 1. The lowest BCUT2D eigenvalue weighted by Gasteiger charge is -2.08. The zero-order chi connectivity index (χ0) is 22.0. The number of fused-ring (bicyclic) bond motifs is 1. The Morgan fingerprint density at radius 1 is 1.16 bits per heavy atom. The fraction of sp³-hybridized carbons (Fsp3) is 0.261. The van der Waals surface area contributed by atoms with Gasteiger partial charge in [-0.25, -0.2) is 0 Å². The van der Waals surface area contributed by atoms with Crippen molar-refractivity contribution in [2.45, 2.75) is 32.5 Å². The van der Waals surface area contributed by atoms with E-state index in [1.165, 1.54) is 11.8 Å². The van der Waals surface area contributed by atoms with Crippen LogP contribution in [0.25, 0.3) is 22.6 Å². The van der Waals surface area contributed by atoms with Crippen LogP contribution in [0.2, 0.25) is 0 Å². The third-order valence-electron chi connectivity index (χ3n) is 4.82. The van der Waals surface area contributed by atoms with E-state index in [0.29, 0.717) is 34.6 Å². The maximum absolute atomic E-state index is 12.5. The first-order valence-corrected chi connectivity index (χ1v) is 11.0. The third kappa shape index (κ3) is 4.44. The highest BCUT2D eigenvalue weighted by Gasteiger charge is 2.19. The van der Waals surface area contributed by atoms with Gasteiger partial charge in [0.15, 0.2) is 22.2 Å². The minimum atomic E-state index is -0.0873. The average Bonchev–Trinajstić information content (AvgIpc) is 3.34. The van der Waals surface area contributed by atoms with E-state index in [-0.39, 0.29) is 11.7 Å². The molecule has 1 amide bonds. The summed E-state index contributed by atoms with van der Waals surface area (Å²) in [5, 5.41) is 13.2. The van der Waals surface area contributed by atoms with E-state index >= 15 is 0 Å². The molecular formula is C23H24N4O3S. The summed E-state index contributed by atoms with van der Waals surface area (Å²) >= 11 is 1.35. The molecule has 31 heavy (non-hydrogen) atoms. The summed E-state index contributed by atoms with van der Waals surface area (Å²) in [5.74, 6) is 2.05. The number of aromatic nitrogens is 3. The lowest BCUT2D eigenvalue weighted by Crippen LogP contribution is -2.15. The number of aryl methyl sites for hydroxylation is 2. The van der Waals surface area contributed by atoms with Crippen LogP contribution in [0, 0.1) is 13.8 Å². The van der Waals surface area contributed by atoms with Crippen molar-refractivity contribution < 1.29 is 13.9 Å². The first kappa shape index (κ1) is 21.0. The van der Waals surface area contributed by atoms with E-state index in [2.05, 4.69) is 21.6 Å². The van der Waals surface area contributed by atoms with Crippen molar-refractivity contribution >= 4 is 34.3 Å². The number of amides is 1. The number of nitrogens with one attached hydrogen (secondary N) is 1. The molecule has 0 unspecified atom stereocenters. The number of benzene rings is 2. The number of anilines is 1. The summed E-state index contributed by atoms with van der Waals surface area (Å²) < 4.78 is 13.3. The molecule has 1 N–H and O–H groups in total. The lowest BCUT2D eigenvalue weighted by atomic mass is 10.1. The molecule has 0 spiro atoms. The molecule has 0 aliphatic carbocycles. The molecule has 160 valence electrons. The Morgan fingerprint density at radius 3 is 2.65 bits per heavy atom. The van der Waals surface area contributed by atoms with Gasteiger partial charge in [-0.05, 0) is 56.2 Å². The maximum atomic E-state index is 12.5. The second kappa shape index (κ2) is 8.85. The summed E-state index contributed by atoms with van der Waals surface area (Å²) in [5.41, 5.74) is 3.70. The predicted octanol–water partition coefficient (Wildman–Crippen LogP) is 5.07. The number of nitrogens with zero attached hydrogens (tertiary/aromatic N) is 3. The van der Waals surface area contributed by atoms with Crippen molar-refractivity contribution in [1.29, 1.82) is 0 Å². The number of hydrogen-bond donors (Lipinski definition) is 1. The van der Waals surface area contributed by atoms with Crippen LogP contribution in [0.15, 0.2) is 52.0 Å². The normalized spacial score (nSPS) is 11.1. The van der Waals surface area contributed by atoms with E-state index in [0.717, 1.165) is 22.2 Å². The van der Waals surface area contributed by atoms with E-state index < -0.39 is 0 Å². The fourth-order valence-electron chi connectivity index (χ4n) is 3.54. The Kier molecular flexibility index (Phi) is 5.99. The second-order valence-electron chi connectivity index (χ2n) is 7.25. The highest BCUT2D eigenvalue weighted by molar-refractivity contribution is 7.99. The minimum Gasteiger partial charge on any atom is -0.493 e. The molecule has 2 heterocycles.